The fourth-order valence-electron chi connectivity index (χ4n) is 4.23. The number of carbonyl (C=O) groups excluding carboxylic acids is 1. The van der Waals surface area contributed by atoms with Crippen LogP contribution in [0.25, 0.3) is 23.2 Å². The lowest BCUT2D eigenvalue weighted by atomic mass is 10.2. The number of imidazole rings is 1. The van der Waals surface area contributed by atoms with E-state index in [0.29, 0.717) is 18.9 Å². The Morgan fingerprint density at radius 2 is 1.78 bits per heavy atom. The second kappa shape index (κ2) is 12.6. The number of aryl methyl sites for hydroxylation is 1. The maximum Gasteiger partial charge on any atom is 0.244 e. The molecule has 37 heavy (non-hydrogen) atoms. The quantitative estimate of drug-likeness (QED) is 0.192. The summed E-state index contributed by atoms with van der Waals surface area (Å²) in [6, 6.07) is 23.4. The van der Waals surface area contributed by atoms with E-state index in [2.05, 4.69) is 16.0 Å². The number of hydrogen-bond donors (Lipinski definition) is 1. The molecule has 0 saturated carbocycles. The van der Waals surface area contributed by atoms with Gasteiger partial charge in [-0.2, -0.15) is 0 Å². The molecule has 1 heterocycles. The minimum atomic E-state index is -0.263. The summed E-state index contributed by atoms with van der Waals surface area (Å²) in [5, 5.41) is 3.05. The number of allylic oxidation sites excluding steroid dienone is 1. The molecule has 6 heteroatoms. The van der Waals surface area contributed by atoms with Gasteiger partial charge in [0.05, 0.1) is 30.8 Å². The normalized spacial score (nSPS) is 12.3. The van der Waals surface area contributed by atoms with Crippen molar-refractivity contribution < 1.29 is 14.3 Å². The number of carbonyl (C=O) groups is 1. The minimum Gasteiger partial charge on any atom is -0.493 e. The van der Waals surface area contributed by atoms with E-state index in [0.717, 1.165) is 40.2 Å². The molecule has 1 aromatic heterocycles. The number of fused-ring (bicyclic) bond motifs is 1. The highest BCUT2D eigenvalue weighted by atomic mass is 16.5. The van der Waals surface area contributed by atoms with Crippen LogP contribution in [0.15, 0.2) is 84.9 Å². The van der Waals surface area contributed by atoms with Gasteiger partial charge in [-0.25, -0.2) is 4.98 Å². The smallest absolute Gasteiger partial charge is 0.244 e. The van der Waals surface area contributed by atoms with Crippen LogP contribution in [0.1, 0.15) is 43.3 Å². The van der Waals surface area contributed by atoms with Gasteiger partial charge in [-0.1, -0.05) is 60.7 Å². The summed E-state index contributed by atoms with van der Waals surface area (Å²) in [6.07, 6.45) is 8.14. The molecule has 0 aliphatic rings. The molecular weight excluding hydrogens is 462 g/mol. The van der Waals surface area contributed by atoms with Crippen LogP contribution >= 0.6 is 0 Å². The van der Waals surface area contributed by atoms with E-state index in [4.69, 9.17) is 14.5 Å². The van der Waals surface area contributed by atoms with Gasteiger partial charge in [0.1, 0.15) is 5.82 Å². The first kappa shape index (κ1) is 25.8. The number of rotatable bonds is 11. The molecule has 0 fully saturated rings. The Balaban J connectivity index is 1.43. The number of benzene rings is 3. The molecule has 1 N–H and O–H groups in total. The van der Waals surface area contributed by atoms with E-state index in [-0.39, 0.29) is 11.9 Å². The Labute approximate surface area is 218 Å². The molecule has 0 aliphatic carbocycles. The summed E-state index contributed by atoms with van der Waals surface area (Å²) in [5.74, 6) is 2.09. The highest BCUT2D eigenvalue weighted by Crippen LogP contribution is 2.29. The van der Waals surface area contributed by atoms with Crippen LogP contribution in [0, 0.1) is 0 Å². The summed E-state index contributed by atoms with van der Waals surface area (Å²) in [5.41, 5.74) is 3.98. The third-order valence-corrected chi connectivity index (χ3v) is 5.99. The zero-order chi connectivity index (χ0) is 26.0. The van der Waals surface area contributed by atoms with Crippen LogP contribution in [0.5, 0.6) is 11.5 Å². The average Bonchev–Trinajstić information content (AvgIpc) is 3.30. The molecule has 4 aromatic rings. The van der Waals surface area contributed by atoms with Crippen molar-refractivity contribution in [1.29, 1.82) is 0 Å². The molecule has 4 rings (SSSR count). The average molecular weight is 496 g/mol. The van der Waals surface area contributed by atoms with Crippen molar-refractivity contribution in [3.63, 3.8) is 0 Å². The van der Waals surface area contributed by atoms with E-state index < -0.39 is 0 Å². The predicted molar refractivity (Wildman–Crippen MR) is 150 cm³/mol. The zero-order valence-electron chi connectivity index (χ0n) is 21.6. The van der Waals surface area contributed by atoms with Gasteiger partial charge in [0.15, 0.2) is 11.5 Å². The van der Waals surface area contributed by atoms with Crippen LogP contribution in [-0.2, 0) is 11.3 Å². The SMILES string of the molecule is C/C=C/c1ccc(OCCCn2c(C(C)NC(=O)/C=C\c3ccccc3)nc3ccccc32)c(OC)c1. The molecule has 0 aliphatic heterocycles. The van der Waals surface area contributed by atoms with Crippen molar-refractivity contribution in [2.75, 3.05) is 13.7 Å². The van der Waals surface area contributed by atoms with Crippen LogP contribution in [-0.4, -0.2) is 29.2 Å². The number of nitrogens with zero attached hydrogens (tertiary/aromatic N) is 2. The minimum absolute atomic E-state index is 0.160. The van der Waals surface area contributed by atoms with Crippen molar-refractivity contribution >= 4 is 29.1 Å². The van der Waals surface area contributed by atoms with Gasteiger partial charge in [-0.3, -0.25) is 4.79 Å². The van der Waals surface area contributed by atoms with Crippen molar-refractivity contribution in [3.8, 4) is 11.5 Å². The molecule has 190 valence electrons. The summed E-state index contributed by atoms with van der Waals surface area (Å²) in [4.78, 5) is 17.4. The number of nitrogens with one attached hydrogen (secondary N) is 1. The van der Waals surface area contributed by atoms with E-state index in [9.17, 15) is 4.79 Å². The summed E-state index contributed by atoms with van der Waals surface area (Å²) in [7, 11) is 1.65. The lowest BCUT2D eigenvalue weighted by Gasteiger charge is -2.16. The molecule has 3 aromatic carbocycles. The first-order valence-corrected chi connectivity index (χ1v) is 12.5. The number of hydrogen-bond acceptors (Lipinski definition) is 4. The third-order valence-electron chi connectivity index (χ3n) is 5.99. The third kappa shape index (κ3) is 6.67. The van der Waals surface area contributed by atoms with E-state index in [1.807, 2.05) is 98.8 Å². The number of para-hydroxylation sites is 2. The number of methoxy groups -OCH3 is 1. The van der Waals surface area contributed by atoms with Crippen LogP contribution in [0.4, 0.5) is 0 Å². The fraction of sp³-hybridized carbons (Fsp3) is 0.226. The fourth-order valence-corrected chi connectivity index (χ4v) is 4.23. The van der Waals surface area contributed by atoms with Crippen molar-refractivity contribution in [2.24, 2.45) is 0 Å². The van der Waals surface area contributed by atoms with Gasteiger partial charge < -0.3 is 19.4 Å². The highest BCUT2D eigenvalue weighted by molar-refractivity contribution is 5.92. The largest absolute Gasteiger partial charge is 0.493 e. The maximum absolute atomic E-state index is 12.6. The van der Waals surface area contributed by atoms with Crippen LogP contribution < -0.4 is 14.8 Å². The molecule has 0 saturated heterocycles. The molecular formula is C31H33N3O3. The van der Waals surface area contributed by atoms with Gasteiger partial charge in [0.2, 0.25) is 5.91 Å². The van der Waals surface area contributed by atoms with Crippen molar-refractivity contribution in [1.82, 2.24) is 14.9 Å². The first-order chi connectivity index (χ1) is 18.1. The van der Waals surface area contributed by atoms with Gasteiger partial charge in [-0.15, -0.1) is 0 Å². The number of aromatic nitrogens is 2. The molecule has 6 nitrogen and oxygen atoms in total. The predicted octanol–water partition coefficient (Wildman–Crippen LogP) is 6.44. The van der Waals surface area contributed by atoms with E-state index in [1.54, 1.807) is 13.2 Å². The Morgan fingerprint density at radius 3 is 2.57 bits per heavy atom. The Morgan fingerprint density at radius 1 is 1.00 bits per heavy atom. The first-order valence-electron chi connectivity index (χ1n) is 12.5. The van der Waals surface area contributed by atoms with E-state index in [1.165, 1.54) is 0 Å². The molecule has 1 atom stereocenters. The van der Waals surface area contributed by atoms with Crippen molar-refractivity contribution in [2.45, 2.75) is 32.9 Å². The summed E-state index contributed by atoms with van der Waals surface area (Å²) < 4.78 is 13.7. The Hall–Kier alpha value is -4.32. The maximum atomic E-state index is 12.6. The van der Waals surface area contributed by atoms with Gasteiger partial charge in [0, 0.05) is 12.6 Å². The summed E-state index contributed by atoms with van der Waals surface area (Å²) in [6.45, 7) is 5.17. The van der Waals surface area contributed by atoms with Crippen LogP contribution in [0.3, 0.4) is 0 Å². The Bertz CT molecular complexity index is 1390. The lowest BCUT2D eigenvalue weighted by Crippen LogP contribution is -2.27. The monoisotopic (exact) mass is 495 g/mol. The van der Waals surface area contributed by atoms with Gasteiger partial charge in [-0.05, 0) is 61.7 Å². The van der Waals surface area contributed by atoms with Crippen LogP contribution in [0.2, 0.25) is 0 Å². The standard InChI is InChI=1S/C31H33N3O3/c1-4-11-25-16-18-28(29(22-25)36-3)37-21-10-20-34-27-15-9-8-14-26(27)33-31(34)23(2)32-30(35)19-17-24-12-6-5-7-13-24/h4-9,11-19,22-23H,10,20-21H2,1-3H3,(H,32,35)/b11-4+,19-17-. The Kier molecular flexibility index (Phi) is 8.76. The molecule has 0 spiro atoms. The summed E-state index contributed by atoms with van der Waals surface area (Å²) >= 11 is 0. The second-order valence-electron chi connectivity index (χ2n) is 8.70. The highest BCUT2D eigenvalue weighted by Gasteiger charge is 2.17. The zero-order valence-corrected chi connectivity index (χ0v) is 21.6. The lowest BCUT2D eigenvalue weighted by molar-refractivity contribution is -0.117. The molecule has 1 unspecified atom stereocenters. The molecule has 0 bridgehead atoms. The van der Waals surface area contributed by atoms with Gasteiger partial charge in [0.25, 0.3) is 0 Å². The number of ether oxygens (including phenoxy) is 2. The van der Waals surface area contributed by atoms with E-state index >= 15 is 0 Å². The molecule has 1 amide bonds. The number of amides is 1. The van der Waals surface area contributed by atoms with Gasteiger partial charge >= 0.3 is 0 Å². The topological polar surface area (TPSA) is 65.4 Å². The van der Waals surface area contributed by atoms with Crippen molar-refractivity contribution in [3.05, 3.63) is 102 Å². The second-order valence-corrected chi connectivity index (χ2v) is 8.70. The molecule has 0 radical (unpaired) electrons.